The molecule has 2 aromatic carbocycles. The van der Waals surface area contributed by atoms with E-state index in [0.717, 1.165) is 17.7 Å². The molecule has 0 saturated heterocycles. The van der Waals surface area contributed by atoms with E-state index in [1.807, 2.05) is 68.5 Å². The van der Waals surface area contributed by atoms with E-state index >= 15 is 0 Å². The second-order valence-electron chi connectivity index (χ2n) is 8.92. The van der Waals surface area contributed by atoms with Gasteiger partial charge in [-0.2, -0.15) is 0 Å². The zero-order valence-corrected chi connectivity index (χ0v) is 22.6. The highest BCUT2D eigenvalue weighted by Crippen LogP contribution is 2.36. The molecule has 37 heavy (non-hydrogen) atoms. The van der Waals surface area contributed by atoms with Crippen LogP contribution in [0.3, 0.4) is 0 Å². The SMILES string of the molecule is CCCOc1ccc(C=c2sc3n(c2=O)C(c2ccccc2OC(C)C)C(C(=O)OCC)=C(C)N=3)cc1. The number of allylic oxidation sites excluding steroid dienone is 1. The summed E-state index contributed by atoms with van der Waals surface area (Å²) >= 11 is 1.29. The Hall–Kier alpha value is -3.65. The Morgan fingerprint density at radius 1 is 1.14 bits per heavy atom. The van der Waals surface area contributed by atoms with Gasteiger partial charge in [0.1, 0.15) is 17.5 Å². The Balaban J connectivity index is 1.88. The van der Waals surface area contributed by atoms with E-state index in [4.69, 9.17) is 14.2 Å². The molecule has 1 atom stereocenters. The van der Waals surface area contributed by atoms with Crippen molar-refractivity contribution < 1.29 is 19.0 Å². The van der Waals surface area contributed by atoms with Crippen molar-refractivity contribution in [3.8, 4) is 11.5 Å². The van der Waals surface area contributed by atoms with Gasteiger partial charge in [-0.1, -0.05) is 48.6 Å². The van der Waals surface area contributed by atoms with Gasteiger partial charge in [0.05, 0.1) is 35.1 Å². The molecule has 1 unspecified atom stereocenters. The van der Waals surface area contributed by atoms with Gasteiger partial charge in [-0.3, -0.25) is 9.36 Å². The van der Waals surface area contributed by atoms with Crippen LogP contribution in [0.2, 0.25) is 0 Å². The van der Waals surface area contributed by atoms with Crippen molar-refractivity contribution in [3.63, 3.8) is 0 Å². The van der Waals surface area contributed by atoms with E-state index < -0.39 is 12.0 Å². The first kappa shape index (κ1) is 26.4. The van der Waals surface area contributed by atoms with Crippen LogP contribution in [-0.4, -0.2) is 29.9 Å². The quantitative estimate of drug-likeness (QED) is 0.392. The molecule has 4 rings (SSSR count). The van der Waals surface area contributed by atoms with Crippen molar-refractivity contribution in [3.05, 3.63) is 90.6 Å². The zero-order chi connectivity index (χ0) is 26.5. The van der Waals surface area contributed by atoms with Crippen LogP contribution in [-0.2, 0) is 9.53 Å². The van der Waals surface area contributed by atoms with Crippen molar-refractivity contribution >= 4 is 23.4 Å². The molecule has 8 heteroatoms. The van der Waals surface area contributed by atoms with Gasteiger partial charge < -0.3 is 14.2 Å². The Kier molecular flexibility index (Phi) is 8.28. The van der Waals surface area contributed by atoms with Crippen LogP contribution in [0.4, 0.5) is 0 Å². The van der Waals surface area contributed by atoms with E-state index in [9.17, 15) is 9.59 Å². The summed E-state index contributed by atoms with van der Waals surface area (Å²) in [5.74, 6) is 0.901. The van der Waals surface area contributed by atoms with E-state index in [2.05, 4.69) is 11.9 Å². The molecule has 7 nitrogen and oxygen atoms in total. The van der Waals surface area contributed by atoms with Crippen molar-refractivity contribution in [2.75, 3.05) is 13.2 Å². The van der Waals surface area contributed by atoms with Crippen LogP contribution < -0.4 is 24.4 Å². The monoisotopic (exact) mass is 520 g/mol. The highest BCUT2D eigenvalue weighted by molar-refractivity contribution is 7.07. The van der Waals surface area contributed by atoms with Gasteiger partial charge in [-0.15, -0.1) is 0 Å². The summed E-state index contributed by atoms with van der Waals surface area (Å²) in [5.41, 5.74) is 2.20. The maximum atomic E-state index is 13.8. The molecule has 0 spiro atoms. The second-order valence-corrected chi connectivity index (χ2v) is 9.93. The lowest BCUT2D eigenvalue weighted by molar-refractivity contribution is -0.139. The van der Waals surface area contributed by atoms with E-state index in [0.29, 0.717) is 38.5 Å². The number of carbonyl (C=O) groups excluding carboxylic acids is 1. The topological polar surface area (TPSA) is 79.1 Å². The fraction of sp³-hybridized carbons (Fsp3) is 0.345. The molecule has 1 aromatic heterocycles. The molecule has 0 fully saturated rings. The fourth-order valence-corrected chi connectivity index (χ4v) is 5.23. The maximum absolute atomic E-state index is 13.8. The number of carbonyl (C=O) groups is 1. The van der Waals surface area contributed by atoms with E-state index in [1.54, 1.807) is 18.4 Å². The van der Waals surface area contributed by atoms with Crippen molar-refractivity contribution in [1.29, 1.82) is 0 Å². The minimum Gasteiger partial charge on any atom is -0.494 e. The molecule has 194 valence electrons. The molecular formula is C29H32N2O5S. The number of ether oxygens (including phenoxy) is 3. The lowest BCUT2D eigenvalue weighted by atomic mass is 9.95. The molecule has 1 aliphatic rings. The lowest BCUT2D eigenvalue weighted by Crippen LogP contribution is -2.40. The summed E-state index contributed by atoms with van der Waals surface area (Å²) in [6.07, 6.45) is 2.69. The van der Waals surface area contributed by atoms with Gasteiger partial charge in [0.25, 0.3) is 5.56 Å². The third-order valence-corrected chi connectivity index (χ3v) is 6.73. The average Bonchev–Trinajstić information content (AvgIpc) is 3.17. The first-order chi connectivity index (χ1) is 17.8. The summed E-state index contributed by atoms with van der Waals surface area (Å²) in [6, 6.07) is 14.4. The highest BCUT2D eigenvalue weighted by Gasteiger charge is 2.35. The Labute approximate surface area is 220 Å². The maximum Gasteiger partial charge on any atom is 0.338 e. The summed E-state index contributed by atoms with van der Waals surface area (Å²) in [4.78, 5) is 32.1. The third kappa shape index (κ3) is 5.69. The molecular weight excluding hydrogens is 488 g/mol. The minimum absolute atomic E-state index is 0.0858. The third-order valence-electron chi connectivity index (χ3n) is 5.74. The Morgan fingerprint density at radius 3 is 2.54 bits per heavy atom. The van der Waals surface area contributed by atoms with E-state index in [-0.39, 0.29) is 18.3 Å². The van der Waals surface area contributed by atoms with Gasteiger partial charge in [0.2, 0.25) is 0 Å². The molecule has 0 radical (unpaired) electrons. The normalized spacial score (nSPS) is 15.4. The van der Waals surface area contributed by atoms with Crippen molar-refractivity contribution in [2.24, 2.45) is 4.99 Å². The number of benzene rings is 2. The fourth-order valence-electron chi connectivity index (χ4n) is 4.19. The van der Waals surface area contributed by atoms with Crippen LogP contribution >= 0.6 is 11.3 Å². The molecule has 0 N–H and O–H groups in total. The van der Waals surface area contributed by atoms with E-state index in [1.165, 1.54) is 11.3 Å². The number of thiazole rings is 1. The smallest absolute Gasteiger partial charge is 0.338 e. The van der Waals surface area contributed by atoms with Crippen LogP contribution in [0.25, 0.3) is 6.08 Å². The Bertz CT molecular complexity index is 1480. The van der Waals surface area contributed by atoms with Crippen molar-refractivity contribution in [2.45, 2.75) is 53.2 Å². The number of aromatic nitrogens is 1. The molecule has 0 amide bonds. The summed E-state index contributed by atoms with van der Waals surface area (Å²) in [6.45, 7) is 10.3. The first-order valence-electron chi connectivity index (χ1n) is 12.5. The largest absolute Gasteiger partial charge is 0.494 e. The second kappa shape index (κ2) is 11.6. The number of hydrogen-bond acceptors (Lipinski definition) is 7. The molecule has 0 saturated carbocycles. The summed E-state index contributed by atoms with van der Waals surface area (Å²) < 4.78 is 19.2. The average molecular weight is 521 g/mol. The minimum atomic E-state index is -0.725. The van der Waals surface area contributed by atoms with Crippen LogP contribution in [0.15, 0.2) is 69.6 Å². The molecule has 3 aromatic rings. The van der Waals surface area contributed by atoms with Gasteiger partial charge in [0.15, 0.2) is 4.80 Å². The number of esters is 1. The lowest BCUT2D eigenvalue weighted by Gasteiger charge is -2.26. The predicted molar refractivity (Wildman–Crippen MR) is 145 cm³/mol. The zero-order valence-electron chi connectivity index (χ0n) is 21.8. The van der Waals surface area contributed by atoms with Crippen LogP contribution in [0.1, 0.15) is 58.2 Å². The van der Waals surface area contributed by atoms with Gasteiger partial charge in [0, 0.05) is 5.56 Å². The number of para-hydroxylation sites is 1. The summed E-state index contributed by atoms with van der Waals surface area (Å²) in [7, 11) is 0. The number of rotatable bonds is 9. The molecule has 0 aliphatic carbocycles. The van der Waals surface area contributed by atoms with Crippen LogP contribution in [0.5, 0.6) is 11.5 Å². The molecule has 1 aliphatic heterocycles. The van der Waals surface area contributed by atoms with Gasteiger partial charge in [-0.05, 0) is 64.0 Å². The number of hydrogen-bond donors (Lipinski definition) is 0. The Morgan fingerprint density at radius 2 is 1.86 bits per heavy atom. The summed E-state index contributed by atoms with van der Waals surface area (Å²) in [5, 5.41) is 0. The van der Waals surface area contributed by atoms with Gasteiger partial charge in [-0.25, -0.2) is 9.79 Å². The van der Waals surface area contributed by atoms with Crippen LogP contribution in [0, 0.1) is 0 Å². The highest BCUT2D eigenvalue weighted by atomic mass is 32.1. The van der Waals surface area contributed by atoms with Gasteiger partial charge >= 0.3 is 5.97 Å². The number of nitrogens with zero attached hydrogens (tertiary/aromatic N) is 2. The van der Waals surface area contributed by atoms with Crippen molar-refractivity contribution in [1.82, 2.24) is 4.57 Å². The molecule has 2 heterocycles. The molecule has 0 bridgehead atoms. The number of fused-ring (bicyclic) bond motifs is 1. The standard InChI is InChI=1S/C29H32N2O5S/c1-6-16-35-21-14-12-20(13-15-21)17-24-27(32)31-26(22-10-8-9-11-23(22)36-18(3)4)25(28(33)34-7-2)19(5)30-29(31)37-24/h8-15,17-18,26H,6-7,16H2,1-5H3. The predicted octanol–water partition coefficient (Wildman–Crippen LogP) is 4.37. The first-order valence-corrected chi connectivity index (χ1v) is 13.3.